The maximum Gasteiger partial charge on any atom is 0.296 e. The largest absolute Gasteiger partial charge is 0.493 e. The Kier molecular flexibility index (Phi) is 8.40. The van der Waals surface area contributed by atoms with Crippen LogP contribution in [0.15, 0.2) is 69.6 Å². The number of aromatic hydroxyl groups is 1. The first-order chi connectivity index (χ1) is 19.1. The van der Waals surface area contributed by atoms with Gasteiger partial charge in [0, 0.05) is 29.9 Å². The fourth-order valence-corrected chi connectivity index (χ4v) is 5.89. The van der Waals surface area contributed by atoms with E-state index < -0.39 is 43.2 Å². The van der Waals surface area contributed by atoms with Gasteiger partial charge < -0.3 is 5.11 Å². The van der Waals surface area contributed by atoms with Crippen LogP contribution in [0.1, 0.15) is 61.7 Å². The summed E-state index contributed by atoms with van der Waals surface area (Å²) < 4.78 is 42.7. The fraction of sp³-hybridized carbons (Fsp3) is 0.276. The molecule has 0 aliphatic rings. The van der Waals surface area contributed by atoms with E-state index in [4.69, 9.17) is 0 Å². The van der Waals surface area contributed by atoms with Gasteiger partial charge in [0.05, 0.1) is 17.7 Å². The van der Waals surface area contributed by atoms with Crippen LogP contribution in [0, 0.1) is 24.2 Å². The van der Waals surface area contributed by atoms with Gasteiger partial charge in [-0.25, -0.2) is 18.4 Å². The van der Waals surface area contributed by atoms with Crippen molar-refractivity contribution >= 4 is 9.84 Å². The lowest BCUT2D eigenvalue weighted by molar-refractivity contribution is 0.358. The summed E-state index contributed by atoms with van der Waals surface area (Å²) in [5.41, 5.74) is 1.20. The van der Waals surface area contributed by atoms with E-state index >= 15 is 0 Å². The fourth-order valence-electron chi connectivity index (χ4n) is 4.63. The topological polar surface area (TPSA) is 139 Å². The molecule has 0 spiro atoms. The van der Waals surface area contributed by atoms with E-state index in [1.165, 1.54) is 29.1 Å². The maximum atomic E-state index is 13.9. The number of halogens is 1. The number of aryl methyl sites for hydroxylation is 1. The van der Waals surface area contributed by atoms with Gasteiger partial charge in [-0.05, 0) is 61.2 Å². The minimum atomic E-state index is -4.61. The van der Waals surface area contributed by atoms with Crippen LogP contribution in [-0.2, 0) is 16.3 Å². The number of aromatic nitrogens is 4. The Hall–Kier alpha value is -4.43. The standard InChI is InChI=1S/C29H28FN5O4S/c1-4-6-10-24-34-28(36)26(29(37)35(24)23(5-2)20-9-7-8-19(15-20)16-31)40(38,39)25-12-11-21(17-33-25)22-13-14-32-27(30)18(22)3/h7-9,11-15,17,23,37H,4-6,10H2,1-3H3/t23-/m0/s1. The molecule has 1 atom stereocenters. The van der Waals surface area contributed by atoms with Crippen molar-refractivity contribution in [3.8, 4) is 23.1 Å². The molecule has 40 heavy (non-hydrogen) atoms. The monoisotopic (exact) mass is 561 g/mol. The normalized spacial score (nSPS) is 12.2. The van der Waals surface area contributed by atoms with Gasteiger partial charge in [-0.2, -0.15) is 14.6 Å². The Morgan fingerprint density at radius 1 is 1.15 bits per heavy atom. The molecule has 0 fully saturated rings. The molecular formula is C29H28FN5O4S. The third kappa shape index (κ3) is 5.35. The van der Waals surface area contributed by atoms with Crippen LogP contribution in [0.3, 0.4) is 0 Å². The summed E-state index contributed by atoms with van der Waals surface area (Å²) in [6, 6.07) is 12.5. The van der Waals surface area contributed by atoms with Crippen molar-refractivity contribution in [2.45, 2.75) is 62.4 Å². The maximum absolute atomic E-state index is 13.9. The van der Waals surface area contributed by atoms with Crippen molar-refractivity contribution in [2.75, 3.05) is 0 Å². The average molecular weight is 562 g/mol. The lowest BCUT2D eigenvalue weighted by atomic mass is 10.0. The van der Waals surface area contributed by atoms with Crippen molar-refractivity contribution in [1.29, 1.82) is 5.26 Å². The summed E-state index contributed by atoms with van der Waals surface area (Å²) in [5.74, 6) is -1.14. The predicted octanol–water partition coefficient (Wildman–Crippen LogP) is 4.90. The van der Waals surface area contributed by atoms with Crippen LogP contribution < -0.4 is 5.56 Å². The smallest absolute Gasteiger partial charge is 0.296 e. The Labute approximate surface area is 231 Å². The SMILES string of the molecule is CCCCc1nc(=O)c(S(=O)(=O)c2ccc(-c3ccnc(F)c3C)cn2)c(O)n1[C@@H](CC)c1cccc(C#N)c1. The van der Waals surface area contributed by atoms with Crippen LogP contribution in [0.2, 0.25) is 0 Å². The average Bonchev–Trinajstić information content (AvgIpc) is 2.95. The van der Waals surface area contributed by atoms with Crippen LogP contribution >= 0.6 is 0 Å². The zero-order chi connectivity index (χ0) is 29.0. The van der Waals surface area contributed by atoms with Gasteiger partial charge in [0.25, 0.3) is 5.56 Å². The van der Waals surface area contributed by atoms with Crippen molar-refractivity contribution in [3.63, 3.8) is 0 Å². The molecule has 0 bridgehead atoms. The number of hydrogen-bond donors (Lipinski definition) is 1. The molecule has 11 heteroatoms. The predicted molar refractivity (Wildman–Crippen MR) is 146 cm³/mol. The summed E-state index contributed by atoms with van der Waals surface area (Å²) in [6.07, 6.45) is 4.75. The molecule has 0 saturated heterocycles. The van der Waals surface area contributed by atoms with Gasteiger partial charge in [0.2, 0.25) is 26.6 Å². The minimum absolute atomic E-state index is 0.246. The number of rotatable bonds is 9. The second-order valence-electron chi connectivity index (χ2n) is 9.28. The molecule has 0 amide bonds. The second kappa shape index (κ2) is 11.8. The van der Waals surface area contributed by atoms with E-state index in [1.54, 1.807) is 37.3 Å². The highest BCUT2D eigenvalue weighted by Gasteiger charge is 2.32. The zero-order valence-electron chi connectivity index (χ0n) is 22.3. The number of nitrogens with zero attached hydrogens (tertiary/aromatic N) is 5. The van der Waals surface area contributed by atoms with Gasteiger partial charge in [0.15, 0.2) is 5.03 Å². The van der Waals surface area contributed by atoms with Gasteiger partial charge in [-0.3, -0.25) is 9.36 Å². The molecular weight excluding hydrogens is 533 g/mol. The first-order valence-electron chi connectivity index (χ1n) is 12.8. The highest BCUT2D eigenvalue weighted by Crippen LogP contribution is 2.34. The van der Waals surface area contributed by atoms with E-state index in [9.17, 15) is 28.0 Å². The number of hydrogen-bond acceptors (Lipinski definition) is 8. The first-order valence-corrected chi connectivity index (χ1v) is 14.3. The van der Waals surface area contributed by atoms with Gasteiger partial charge >= 0.3 is 0 Å². The highest BCUT2D eigenvalue weighted by molar-refractivity contribution is 7.91. The first kappa shape index (κ1) is 28.6. The molecule has 4 aromatic rings. The molecule has 0 aliphatic heterocycles. The number of sulfone groups is 1. The second-order valence-corrected chi connectivity index (χ2v) is 11.1. The molecule has 9 nitrogen and oxygen atoms in total. The summed E-state index contributed by atoms with van der Waals surface area (Å²) >= 11 is 0. The molecule has 1 N–H and O–H groups in total. The molecule has 0 saturated carbocycles. The third-order valence-corrected chi connectivity index (χ3v) is 8.41. The van der Waals surface area contributed by atoms with Crippen LogP contribution in [-0.4, -0.2) is 33.0 Å². The Morgan fingerprint density at radius 3 is 2.58 bits per heavy atom. The number of unbranched alkanes of at least 4 members (excludes halogenated alkanes) is 1. The Bertz CT molecular complexity index is 1760. The third-order valence-electron chi connectivity index (χ3n) is 6.72. The summed E-state index contributed by atoms with van der Waals surface area (Å²) in [5, 5.41) is 20.3. The van der Waals surface area contributed by atoms with Gasteiger partial charge in [-0.1, -0.05) is 32.4 Å². The molecule has 4 rings (SSSR count). The van der Waals surface area contributed by atoms with Crippen molar-refractivity contribution in [1.82, 2.24) is 19.5 Å². The summed E-state index contributed by atoms with van der Waals surface area (Å²) in [7, 11) is -4.61. The van der Waals surface area contributed by atoms with E-state index in [0.717, 1.165) is 6.42 Å². The van der Waals surface area contributed by atoms with Crippen molar-refractivity contribution in [2.24, 2.45) is 0 Å². The lowest BCUT2D eigenvalue weighted by Gasteiger charge is -2.25. The Balaban J connectivity index is 1.88. The van der Waals surface area contributed by atoms with E-state index in [-0.39, 0.29) is 11.4 Å². The quantitative estimate of drug-likeness (QED) is 0.285. The molecule has 0 radical (unpaired) electrons. The van der Waals surface area contributed by atoms with E-state index in [1.807, 2.05) is 13.8 Å². The molecule has 1 aromatic carbocycles. The summed E-state index contributed by atoms with van der Waals surface area (Å²) in [6.45, 7) is 5.36. The van der Waals surface area contributed by atoms with Gasteiger partial charge in [-0.15, -0.1) is 0 Å². The van der Waals surface area contributed by atoms with Crippen LogP contribution in [0.25, 0.3) is 11.1 Å². The number of nitriles is 1. The molecule has 3 heterocycles. The number of benzene rings is 1. The lowest BCUT2D eigenvalue weighted by Crippen LogP contribution is -2.27. The summed E-state index contributed by atoms with van der Waals surface area (Å²) in [4.78, 5) is 24.0. The van der Waals surface area contributed by atoms with Crippen LogP contribution in [0.4, 0.5) is 4.39 Å². The van der Waals surface area contributed by atoms with Crippen molar-refractivity contribution < 1.29 is 17.9 Å². The zero-order valence-corrected chi connectivity index (χ0v) is 23.1. The molecule has 0 unspecified atom stereocenters. The van der Waals surface area contributed by atoms with Crippen molar-refractivity contribution in [3.05, 3.63) is 93.7 Å². The minimum Gasteiger partial charge on any atom is -0.493 e. The van der Waals surface area contributed by atoms with E-state index in [0.29, 0.717) is 41.5 Å². The Morgan fingerprint density at radius 2 is 1.93 bits per heavy atom. The molecule has 3 aromatic heterocycles. The number of pyridine rings is 2. The highest BCUT2D eigenvalue weighted by atomic mass is 32.2. The van der Waals surface area contributed by atoms with Gasteiger partial charge in [0.1, 0.15) is 5.82 Å². The van der Waals surface area contributed by atoms with E-state index in [2.05, 4.69) is 21.0 Å². The molecule has 206 valence electrons. The van der Waals surface area contributed by atoms with Crippen LogP contribution in [0.5, 0.6) is 5.88 Å². The molecule has 0 aliphatic carbocycles.